The number of hydrogen-bond donors (Lipinski definition) is 2. The smallest absolute Gasteiger partial charge is 0.281 e. The Labute approximate surface area is 150 Å². The highest BCUT2D eigenvalue weighted by Gasteiger charge is 2.10. The number of amides is 1. The van der Waals surface area contributed by atoms with Crippen LogP contribution in [0, 0.1) is 0 Å². The summed E-state index contributed by atoms with van der Waals surface area (Å²) >= 11 is 2.58. The van der Waals surface area contributed by atoms with Gasteiger partial charge in [-0.3, -0.25) is 9.59 Å². The first kappa shape index (κ1) is 15.8. The van der Waals surface area contributed by atoms with Gasteiger partial charge in [0.25, 0.3) is 5.56 Å². The van der Waals surface area contributed by atoms with E-state index >= 15 is 0 Å². The molecule has 0 bridgehead atoms. The first-order valence-corrected chi connectivity index (χ1v) is 9.26. The van der Waals surface area contributed by atoms with Gasteiger partial charge in [-0.2, -0.15) is 4.98 Å². The van der Waals surface area contributed by atoms with Gasteiger partial charge >= 0.3 is 0 Å². The molecule has 0 aliphatic rings. The van der Waals surface area contributed by atoms with Crippen molar-refractivity contribution in [3.63, 3.8) is 0 Å². The predicted octanol–water partition coefficient (Wildman–Crippen LogP) is 3.26. The number of carbonyl (C=O) groups is 1. The summed E-state index contributed by atoms with van der Waals surface area (Å²) < 4.78 is 0.794. The van der Waals surface area contributed by atoms with Gasteiger partial charge in [-0.15, -0.1) is 0 Å². The average molecular weight is 368 g/mol. The largest absolute Gasteiger partial charge is 0.333 e. The summed E-state index contributed by atoms with van der Waals surface area (Å²) in [6.45, 7) is 0. The Morgan fingerprint density at radius 1 is 1.12 bits per heavy atom. The van der Waals surface area contributed by atoms with E-state index in [9.17, 15) is 9.59 Å². The van der Waals surface area contributed by atoms with Gasteiger partial charge in [-0.25, -0.2) is 4.98 Å². The lowest BCUT2D eigenvalue weighted by Gasteiger charge is -2.03. The minimum Gasteiger partial charge on any atom is -0.333 e. The highest BCUT2D eigenvalue weighted by atomic mass is 32.2. The number of fused-ring (bicyclic) bond motifs is 2. The highest BCUT2D eigenvalue weighted by molar-refractivity contribution is 7.99. The number of nitrogens with zero attached hydrogens (tertiary/aromatic N) is 2. The Bertz CT molecular complexity index is 1100. The van der Waals surface area contributed by atoms with E-state index in [4.69, 9.17) is 0 Å². The molecule has 0 saturated carbocycles. The number of nitrogens with one attached hydrogen (secondary N) is 2. The Morgan fingerprint density at radius 2 is 1.92 bits per heavy atom. The number of thioether (sulfide) groups is 1. The van der Waals surface area contributed by atoms with Crippen molar-refractivity contribution in [1.29, 1.82) is 0 Å². The Hall–Kier alpha value is -2.71. The van der Waals surface area contributed by atoms with E-state index in [2.05, 4.69) is 20.3 Å². The molecular formula is C17H12N4O2S2. The van der Waals surface area contributed by atoms with Gasteiger partial charge in [0, 0.05) is 4.70 Å². The second kappa shape index (κ2) is 6.66. The number of benzene rings is 2. The Morgan fingerprint density at radius 3 is 2.80 bits per heavy atom. The lowest BCUT2D eigenvalue weighted by atomic mass is 10.3. The zero-order chi connectivity index (χ0) is 17.2. The molecule has 1 amide bonds. The summed E-state index contributed by atoms with van der Waals surface area (Å²) in [5.41, 5.74) is 1.45. The van der Waals surface area contributed by atoms with E-state index in [1.807, 2.05) is 36.4 Å². The van der Waals surface area contributed by atoms with Gasteiger partial charge in [-0.1, -0.05) is 47.4 Å². The molecule has 2 aromatic carbocycles. The van der Waals surface area contributed by atoms with Gasteiger partial charge < -0.3 is 10.3 Å². The van der Waals surface area contributed by atoms with Crippen molar-refractivity contribution >= 4 is 55.3 Å². The van der Waals surface area contributed by atoms with Crippen LogP contribution in [0.4, 0.5) is 5.13 Å². The summed E-state index contributed by atoms with van der Waals surface area (Å²) in [4.78, 5) is 35.6. The summed E-state index contributed by atoms with van der Waals surface area (Å²) in [5, 5.41) is 4.22. The van der Waals surface area contributed by atoms with Crippen LogP contribution >= 0.6 is 23.1 Å². The number of rotatable bonds is 4. The van der Waals surface area contributed by atoms with Gasteiger partial charge in [0.05, 0.1) is 22.2 Å². The first-order valence-electron chi connectivity index (χ1n) is 7.46. The van der Waals surface area contributed by atoms with Crippen molar-refractivity contribution in [3.8, 4) is 0 Å². The number of aromatic nitrogens is 3. The van der Waals surface area contributed by atoms with Gasteiger partial charge in [0.1, 0.15) is 0 Å². The standard InChI is InChI=1S/C17H12N4O2S2/c22-14(9-24-16-18-11-6-2-3-7-12(11)19-16)20-17-21-15(23)10-5-1-4-8-13(10)25-17/h1-8H,9H2,(H,18,19)(H,20,21,22,23). The maximum Gasteiger partial charge on any atom is 0.281 e. The molecule has 8 heteroatoms. The maximum absolute atomic E-state index is 12.1. The van der Waals surface area contributed by atoms with Crippen molar-refractivity contribution in [2.45, 2.75) is 5.16 Å². The highest BCUT2D eigenvalue weighted by Crippen LogP contribution is 2.22. The lowest BCUT2D eigenvalue weighted by molar-refractivity contribution is -0.113. The van der Waals surface area contributed by atoms with Gasteiger partial charge in [0.15, 0.2) is 10.3 Å². The van der Waals surface area contributed by atoms with Crippen LogP contribution in [0.5, 0.6) is 0 Å². The van der Waals surface area contributed by atoms with Crippen molar-refractivity contribution in [2.24, 2.45) is 0 Å². The van der Waals surface area contributed by atoms with Gasteiger partial charge in [-0.05, 0) is 24.3 Å². The molecule has 0 atom stereocenters. The van der Waals surface area contributed by atoms with E-state index in [0.29, 0.717) is 15.7 Å². The summed E-state index contributed by atoms with van der Waals surface area (Å²) in [5.74, 6) is -0.0567. The molecule has 0 aliphatic carbocycles. The van der Waals surface area contributed by atoms with E-state index in [1.165, 1.54) is 23.1 Å². The molecule has 4 rings (SSSR count). The van der Waals surface area contributed by atoms with Crippen LogP contribution < -0.4 is 10.9 Å². The molecule has 124 valence electrons. The van der Waals surface area contributed by atoms with E-state index in [1.54, 1.807) is 12.1 Å². The zero-order valence-electron chi connectivity index (χ0n) is 12.9. The second-order valence-corrected chi connectivity index (χ2v) is 7.21. The van der Waals surface area contributed by atoms with Crippen LogP contribution in [0.3, 0.4) is 0 Å². The van der Waals surface area contributed by atoms with Gasteiger partial charge in [0.2, 0.25) is 5.91 Å². The third kappa shape index (κ3) is 3.40. The van der Waals surface area contributed by atoms with Crippen LogP contribution in [-0.4, -0.2) is 26.6 Å². The quantitative estimate of drug-likeness (QED) is 0.540. The number of aromatic amines is 1. The Balaban J connectivity index is 1.46. The molecule has 4 aromatic rings. The van der Waals surface area contributed by atoms with Crippen LogP contribution in [0.2, 0.25) is 0 Å². The van der Waals surface area contributed by atoms with E-state index < -0.39 is 0 Å². The third-order valence-corrected chi connectivity index (χ3v) is 5.32. The molecule has 0 radical (unpaired) electrons. The second-order valence-electron chi connectivity index (χ2n) is 5.22. The number of carbonyl (C=O) groups excluding carboxylic acids is 1. The molecule has 25 heavy (non-hydrogen) atoms. The molecule has 6 nitrogen and oxygen atoms in total. The van der Waals surface area contributed by atoms with Crippen molar-refractivity contribution in [2.75, 3.05) is 11.1 Å². The van der Waals surface area contributed by atoms with Crippen molar-refractivity contribution < 1.29 is 4.79 Å². The number of hydrogen-bond acceptors (Lipinski definition) is 6. The number of H-pyrrole nitrogens is 1. The number of para-hydroxylation sites is 2. The molecule has 0 unspecified atom stereocenters. The lowest BCUT2D eigenvalue weighted by Crippen LogP contribution is -2.17. The third-order valence-electron chi connectivity index (χ3n) is 3.48. The fourth-order valence-corrected chi connectivity index (χ4v) is 3.95. The molecule has 2 heterocycles. The van der Waals surface area contributed by atoms with Crippen LogP contribution in [0.15, 0.2) is 58.5 Å². The van der Waals surface area contributed by atoms with E-state index in [0.717, 1.165) is 15.7 Å². The minimum absolute atomic E-state index is 0.176. The molecule has 2 N–H and O–H groups in total. The summed E-state index contributed by atoms with van der Waals surface area (Å²) in [6, 6.07) is 14.9. The first-order chi connectivity index (χ1) is 12.2. The molecule has 0 aliphatic heterocycles. The summed E-state index contributed by atoms with van der Waals surface area (Å²) in [6.07, 6.45) is 0. The molecule has 0 saturated heterocycles. The monoisotopic (exact) mass is 368 g/mol. The fourth-order valence-electron chi connectivity index (χ4n) is 2.35. The molecular weight excluding hydrogens is 356 g/mol. The van der Waals surface area contributed by atoms with Crippen molar-refractivity contribution in [1.82, 2.24) is 15.0 Å². The average Bonchev–Trinajstić information content (AvgIpc) is 3.03. The Kier molecular flexibility index (Phi) is 4.21. The zero-order valence-corrected chi connectivity index (χ0v) is 14.5. The molecule has 0 fully saturated rings. The number of imidazole rings is 1. The maximum atomic E-state index is 12.1. The van der Waals surface area contributed by atoms with Crippen LogP contribution in [0.1, 0.15) is 0 Å². The normalized spacial score (nSPS) is 11.0. The van der Waals surface area contributed by atoms with Crippen molar-refractivity contribution in [3.05, 3.63) is 58.9 Å². The van der Waals surface area contributed by atoms with E-state index in [-0.39, 0.29) is 17.2 Å². The summed E-state index contributed by atoms with van der Waals surface area (Å²) in [7, 11) is 0. The molecule has 0 spiro atoms. The van der Waals surface area contributed by atoms with Crippen LogP contribution in [-0.2, 0) is 4.79 Å². The SMILES string of the molecule is O=C(CSc1nc2ccccc2[nH]1)Nc1nc(=O)c2ccccc2s1. The number of anilines is 1. The van der Waals surface area contributed by atoms with Crippen LogP contribution in [0.25, 0.3) is 21.1 Å². The molecule has 2 aromatic heterocycles. The topological polar surface area (TPSA) is 87.7 Å². The fraction of sp³-hybridized carbons (Fsp3) is 0.0588. The minimum atomic E-state index is -0.338. The predicted molar refractivity (Wildman–Crippen MR) is 101 cm³/mol.